The monoisotopic (exact) mass is 330 g/mol. The fourth-order valence-electron chi connectivity index (χ4n) is 1.95. The highest BCUT2D eigenvalue weighted by Crippen LogP contribution is 2.22. The third kappa shape index (κ3) is 6.15. The molecule has 1 saturated heterocycles. The van der Waals surface area contributed by atoms with Gasteiger partial charge < -0.3 is 10.1 Å². The summed E-state index contributed by atoms with van der Waals surface area (Å²) in [6.07, 6.45) is 2.46. The molecule has 0 aromatic rings. The molecule has 1 atom stereocenters. The van der Waals surface area contributed by atoms with Crippen LogP contribution in [-0.4, -0.2) is 66.2 Å². The Kier molecular flexibility index (Phi) is 8.11. The van der Waals surface area contributed by atoms with Gasteiger partial charge in [-0.3, -0.25) is 24.1 Å². The first-order chi connectivity index (χ1) is 10.5. The van der Waals surface area contributed by atoms with Gasteiger partial charge in [0.2, 0.25) is 17.7 Å². The number of imide groups is 1. The van der Waals surface area contributed by atoms with Crippen LogP contribution in [0.4, 0.5) is 0 Å². The van der Waals surface area contributed by atoms with E-state index in [2.05, 4.69) is 5.32 Å². The fraction of sp³-hybridized carbons (Fsp3) is 0.714. The number of nitrogens with zero attached hydrogens (tertiary/aromatic N) is 1. The van der Waals surface area contributed by atoms with Gasteiger partial charge in [-0.25, -0.2) is 0 Å². The molecule has 1 N–H and O–H groups in total. The highest BCUT2D eigenvalue weighted by Gasteiger charge is 2.37. The smallest absolute Gasteiger partial charge is 0.242 e. The van der Waals surface area contributed by atoms with Gasteiger partial charge in [0.25, 0.3) is 0 Å². The summed E-state index contributed by atoms with van der Waals surface area (Å²) < 4.78 is 5.18. The van der Waals surface area contributed by atoms with E-state index in [9.17, 15) is 19.2 Å². The Hall–Kier alpha value is -1.41. The number of likely N-dealkylation sites (tertiary alicyclic amines) is 1. The van der Waals surface area contributed by atoms with Crippen molar-refractivity contribution in [1.29, 1.82) is 0 Å². The van der Waals surface area contributed by atoms with Crippen LogP contribution in [0.15, 0.2) is 0 Å². The molecular weight excluding hydrogens is 308 g/mol. The lowest BCUT2D eigenvalue weighted by atomic mass is 10.3. The molecule has 1 heterocycles. The molecule has 1 unspecified atom stereocenters. The van der Waals surface area contributed by atoms with Crippen molar-refractivity contribution in [1.82, 2.24) is 10.2 Å². The average Bonchev–Trinajstić information content (AvgIpc) is 2.74. The van der Waals surface area contributed by atoms with E-state index in [1.165, 1.54) is 18.7 Å². The van der Waals surface area contributed by atoms with Gasteiger partial charge in [-0.2, -0.15) is 11.8 Å². The zero-order valence-electron chi connectivity index (χ0n) is 12.9. The first kappa shape index (κ1) is 18.6. The van der Waals surface area contributed by atoms with E-state index in [1.54, 1.807) is 6.26 Å². The molecule has 0 spiro atoms. The minimum Gasteiger partial charge on any atom is -0.379 e. The number of amides is 3. The zero-order chi connectivity index (χ0) is 16.5. The first-order valence-electron chi connectivity index (χ1n) is 7.16. The number of rotatable bonds is 10. The summed E-state index contributed by atoms with van der Waals surface area (Å²) in [6, 6.07) is 0. The molecule has 0 aliphatic carbocycles. The molecule has 0 aromatic carbocycles. The number of hydrogen-bond acceptors (Lipinski definition) is 6. The molecule has 8 heteroatoms. The minimum absolute atomic E-state index is 0.0625. The number of Topliss-reactive ketones (excluding diaryl/α,β-unsaturated/α-hetero) is 1. The standard InChI is InChI=1S/C14H22N2O5S/c1-10(17)4-7-21-8-5-15-12(18)3-6-16-13(19)9-11(22-2)14(16)20/h11H,3-9H2,1-2H3,(H,15,18). The normalized spacial score (nSPS) is 17.9. The molecule has 0 radical (unpaired) electrons. The molecular formula is C14H22N2O5S. The lowest BCUT2D eigenvalue weighted by Gasteiger charge is -2.14. The molecule has 1 fully saturated rings. The number of hydrogen-bond donors (Lipinski definition) is 1. The second-order valence-corrected chi connectivity index (χ2v) is 6.02. The van der Waals surface area contributed by atoms with Crippen LogP contribution in [0, 0.1) is 0 Å². The zero-order valence-corrected chi connectivity index (χ0v) is 13.7. The highest BCUT2D eigenvalue weighted by atomic mass is 32.2. The SMILES string of the molecule is CSC1CC(=O)N(CCC(=O)NCCOCCC(C)=O)C1=O. The Bertz CT molecular complexity index is 441. The molecule has 0 aromatic heterocycles. The maximum absolute atomic E-state index is 11.9. The van der Waals surface area contributed by atoms with E-state index in [0.29, 0.717) is 26.2 Å². The van der Waals surface area contributed by atoms with Crippen molar-refractivity contribution in [3.63, 3.8) is 0 Å². The molecule has 22 heavy (non-hydrogen) atoms. The van der Waals surface area contributed by atoms with Crippen LogP contribution in [0.3, 0.4) is 0 Å². The van der Waals surface area contributed by atoms with Gasteiger partial charge in [-0.05, 0) is 13.2 Å². The van der Waals surface area contributed by atoms with Crippen molar-refractivity contribution in [2.24, 2.45) is 0 Å². The summed E-state index contributed by atoms with van der Waals surface area (Å²) in [4.78, 5) is 47.0. The van der Waals surface area contributed by atoms with E-state index in [1.807, 2.05) is 0 Å². The predicted octanol–water partition coefficient (Wildman–Crippen LogP) is -0.0211. The van der Waals surface area contributed by atoms with E-state index in [-0.39, 0.29) is 48.1 Å². The predicted molar refractivity (Wildman–Crippen MR) is 82.4 cm³/mol. The second kappa shape index (κ2) is 9.58. The lowest BCUT2D eigenvalue weighted by Crippen LogP contribution is -2.36. The maximum atomic E-state index is 11.9. The van der Waals surface area contributed by atoms with Crippen LogP contribution in [0.25, 0.3) is 0 Å². The first-order valence-corrected chi connectivity index (χ1v) is 8.45. The fourth-order valence-corrected chi connectivity index (χ4v) is 2.59. The number of carbonyl (C=O) groups is 4. The Labute approximate surface area is 134 Å². The van der Waals surface area contributed by atoms with E-state index in [0.717, 1.165) is 4.90 Å². The Morgan fingerprint density at radius 3 is 2.64 bits per heavy atom. The van der Waals surface area contributed by atoms with E-state index >= 15 is 0 Å². The van der Waals surface area contributed by atoms with Crippen LogP contribution >= 0.6 is 11.8 Å². The summed E-state index contributed by atoms with van der Waals surface area (Å²) >= 11 is 1.35. The van der Waals surface area contributed by atoms with Crippen LogP contribution in [0.2, 0.25) is 0 Å². The van der Waals surface area contributed by atoms with Gasteiger partial charge in [0.1, 0.15) is 5.78 Å². The number of ketones is 1. The highest BCUT2D eigenvalue weighted by molar-refractivity contribution is 8.00. The van der Waals surface area contributed by atoms with Crippen molar-refractivity contribution < 1.29 is 23.9 Å². The van der Waals surface area contributed by atoms with Gasteiger partial charge >= 0.3 is 0 Å². The van der Waals surface area contributed by atoms with Crippen molar-refractivity contribution in [2.75, 3.05) is 32.6 Å². The number of nitrogens with one attached hydrogen (secondary N) is 1. The van der Waals surface area contributed by atoms with Gasteiger partial charge in [0.15, 0.2) is 0 Å². The van der Waals surface area contributed by atoms with Gasteiger partial charge in [-0.15, -0.1) is 0 Å². The van der Waals surface area contributed by atoms with Crippen molar-refractivity contribution in [2.45, 2.75) is 31.4 Å². The molecule has 1 aliphatic rings. The molecule has 1 rings (SSSR count). The van der Waals surface area contributed by atoms with Crippen molar-refractivity contribution in [3.05, 3.63) is 0 Å². The van der Waals surface area contributed by atoms with Crippen molar-refractivity contribution in [3.8, 4) is 0 Å². The van der Waals surface area contributed by atoms with Crippen LogP contribution in [-0.2, 0) is 23.9 Å². The molecule has 7 nitrogen and oxygen atoms in total. The van der Waals surface area contributed by atoms with E-state index < -0.39 is 0 Å². The molecule has 0 bridgehead atoms. The van der Waals surface area contributed by atoms with Crippen LogP contribution in [0.1, 0.15) is 26.2 Å². The van der Waals surface area contributed by atoms with Gasteiger partial charge in [0.05, 0.1) is 18.5 Å². The second-order valence-electron chi connectivity index (χ2n) is 4.98. The maximum Gasteiger partial charge on any atom is 0.242 e. The van der Waals surface area contributed by atoms with Crippen LogP contribution in [0.5, 0.6) is 0 Å². The summed E-state index contributed by atoms with van der Waals surface area (Å²) in [5.74, 6) is -0.599. The quantitative estimate of drug-likeness (QED) is 0.447. The third-order valence-corrected chi connectivity index (χ3v) is 4.15. The Balaban J connectivity index is 2.14. The number of thioether (sulfide) groups is 1. The Morgan fingerprint density at radius 2 is 2.05 bits per heavy atom. The van der Waals surface area contributed by atoms with Crippen LogP contribution < -0.4 is 5.32 Å². The molecule has 124 valence electrons. The van der Waals surface area contributed by atoms with Crippen molar-refractivity contribution >= 4 is 35.3 Å². The lowest BCUT2D eigenvalue weighted by molar-refractivity contribution is -0.138. The summed E-state index contributed by atoms with van der Waals surface area (Å²) in [5.41, 5.74) is 0. The third-order valence-electron chi connectivity index (χ3n) is 3.22. The van der Waals surface area contributed by atoms with E-state index in [4.69, 9.17) is 4.74 Å². The summed E-state index contributed by atoms with van der Waals surface area (Å²) in [7, 11) is 0. The van der Waals surface area contributed by atoms with Gasteiger partial charge in [-0.1, -0.05) is 0 Å². The molecule has 3 amide bonds. The topological polar surface area (TPSA) is 92.8 Å². The molecule has 0 saturated carbocycles. The largest absolute Gasteiger partial charge is 0.379 e. The number of carbonyl (C=O) groups excluding carboxylic acids is 4. The summed E-state index contributed by atoms with van der Waals surface area (Å²) in [6.45, 7) is 2.62. The average molecular weight is 330 g/mol. The number of ether oxygens (including phenoxy) is 1. The Morgan fingerprint density at radius 1 is 1.32 bits per heavy atom. The summed E-state index contributed by atoms with van der Waals surface area (Å²) in [5, 5.41) is 2.33. The minimum atomic E-state index is -0.315. The molecule has 1 aliphatic heterocycles. The van der Waals surface area contributed by atoms with Gasteiger partial charge in [0, 0.05) is 32.4 Å².